The van der Waals surface area contributed by atoms with Gasteiger partial charge in [-0.25, -0.2) is 4.98 Å². The van der Waals surface area contributed by atoms with E-state index in [1.807, 2.05) is 30.3 Å². The van der Waals surface area contributed by atoms with Crippen molar-refractivity contribution in [3.05, 3.63) is 69.5 Å². The van der Waals surface area contributed by atoms with Gasteiger partial charge in [-0.15, -0.1) is 0 Å². The molecular formula is C21H21ClN2O2S. The summed E-state index contributed by atoms with van der Waals surface area (Å²) in [6.45, 7) is 1.32. The summed E-state index contributed by atoms with van der Waals surface area (Å²) < 4.78 is 7.60. The summed E-state index contributed by atoms with van der Waals surface area (Å²) in [5.74, 6) is 0.799. The number of nitrogens with zero attached hydrogens (tertiary/aromatic N) is 2. The number of aromatic nitrogens is 2. The lowest BCUT2D eigenvalue weighted by atomic mass is 10.1. The Balaban J connectivity index is 1.71. The Bertz CT molecular complexity index is 985. The van der Waals surface area contributed by atoms with Crippen molar-refractivity contribution >= 4 is 34.3 Å². The van der Waals surface area contributed by atoms with Crippen molar-refractivity contribution in [1.29, 1.82) is 0 Å². The summed E-state index contributed by atoms with van der Waals surface area (Å²) in [7, 11) is 0. The van der Waals surface area contributed by atoms with E-state index >= 15 is 0 Å². The van der Waals surface area contributed by atoms with Gasteiger partial charge in [-0.3, -0.25) is 9.36 Å². The third kappa shape index (κ3) is 4.37. The van der Waals surface area contributed by atoms with Gasteiger partial charge in [-0.05, 0) is 43.0 Å². The van der Waals surface area contributed by atoms with Crippen LogP contribution < -0.4 is 5.56 Å². The number of thioether (sulfide) groups is 1. The Morgan fingerprint density at radius 2 is 2.04 bits per heavy atom. The van der Waals surface area contributed by atoms with Gasteiger partial charge in [-0.1, -0.05) is 53.7 Å². The highest BCUT2D eigenvalue weighted by molar-refractivity contribution is 7.99. The summed E-state index contributed by atoms with van der Waals surface area (Å²) in [5.41, 5.74) is 1.68. The molecule has 0 aliphatic carbocycles. The molecule has 27 heavy (non-hydrogen) atoms. The van der Waals surface area contributed by atoms with Crippen LogP contribution in [-0.2, 0) is 11.3 Å². The van der Waals surface area contributed by atoms with Crippen LogP contribution in [0.2, 0.25) is 5.02 Å². The third-order valence-corrected chi connectivity index (χ3v) is 6.08. The van der Waals surface area contributed by atoms with Gasteiger partial charge in [0.05, 0.1) is 23.6 Å². The summed E-state index contributed by atoms with van der Waals surface area (Å²) in [5, 5.41) is 1.89. The molecule has 0 unspecified atom stereocenters. The van der Waals surface area contributed by atoms with E-state index in [0.717, 1.165) is 30.8 Å². The van der Waals surface area contributed by atoms with Crippen LogP contribution in [0.3, 0.4) is 0 Å². The number of hydrogen-bond donors (Lipinski definition) is 0. The van der Waals surface area contributed by atoms with E-state index in [0.29, 0.717) is 27.6 Å². The topological polar surface area (TPSA) is 44.1 Å². The maximum Gasteiger partial charge on any atom is 0.262 e. The van der Waals surface area contributed by atoms with Gasteiger partial charge in [-0.2, -0.15) is 0 Å². The van der Waals surface area contributed by atoms with Crippen molar-refractivity contribution in [3.8, 4) is 0 Å². The van der Waals surface area contributed by atoms with Crippen LogP contribution >= 0.6 is 23.4 Å². The number of benzene rings is 2. The zero-order valence-electron chi connectivity index (χ0n) is 14.9. The highest BCUT2D eigenvalue weighted by Crippen LogP contribution is 2.24. The Labute approximate surface area is 167 Å². The summed E-state index contributed by atoms with van der Waals surface area (Å²) in [6.07, 6.45) is 3.62. The number of hydrogen-bond acceptors (Lipinski definition) is 4. The molecule has 3 aromatic rings. The molecule has 1 fully saturated rings. The smallest absolute Gasteiger partial charge is 0.262 e. The van der Waals surface area contributed by atoms with E-state index in [-0.39, 0.29) is 11.7 Å². The van der Waals surface area contributed by atoms with Crippen molar-refractivity contribution in [2.45, 2.75) is 37.1 Å². The van der Waals surface area contributed by atoms with Crippen LogP contribution in [0, 0.1) is 0 Å². The molecule has 140 valence electrons. The molecule has 0 radical (unpaired) electrons. The quantitative estimate of drug-likeness (QED) is 0.457. The van der Waals surface area contributed by atoms with Crippen LogP contribution in [0.25, 0.3) is 10.9 Å². The molecule has 0 bridgehead atoms. The average Bonchev–Trinajstić information content (AvgIpc) is 2.70. The zero-order valence-corrected chi connectivity index (χ0v) is 16.5. The Kier molecular flexibility index (Phi) is 5.81. The van der Waals surface area contributed by atoms with Crippen LogP contribution in [0.5, 0.6) is 0 Å². The summed E-state index contributed by atoms with van der Waals surface area (Å²) in [4.78, 5) is 17.9. The molecule has 2 aromatic carbocycles. The Morgan fingerprint density at radius 1 is 1.19 bits per heavy atom. The first-order valence-electron chi connectivity index (χ1n) is 9.19. The average molecular weight is 401 g/mol. The maximum atomic E-state index is 13.2. The van der Waals surface area contributed by atoms with E-state index in [2.05, 4.69) is 0 Å². The first kappa shape index (κ1) is 18.5. The molecule has 0 spiro atoms. The number of fused-ring (bicyclic) bond motifs is 1. The lowest BCUT2D eigenvalue weighted by molar-refractivity contribution is 0.0315. The molecule has 1 aliphatic heterocycles. The minimum atomic E-state index is -0.0346. The fourth-order valence-corrected chi connectivity index (χ4v) is 4.53. The first-order chi connectivity index (χ1) is 13.2. The monoisotopic (exact) mass is 400 g/mol. The summed E-state index contributed by atoms with van der Waals surface area (Å²) in [6, 6.07) is 15.2. The van der Waals surface area contributed by atoms with Crippen molar-refractivity contribution in [2.24, 2.45) is 0 Å². The number of rotatable bonds is 5. The normalized spacial score (nSPS) is 17.3. The molecular weight excluding hydrogens is 380 g/mol. The molecule has 1 aliphatic rings. The first-order valence-corrected chi connectivity index (χ1v) is 10.6. The largest absolute Gasteiger partial charge is 0.377 e. The molecule has 0 amide bonds. The van der Waals surface area contributed by atoms with Crippen LogP contribution in [0.1, 0.15) is 24.8 Å². The van der Waals surface area contributed by atoms with Gasteiger partial charge < -0.3 is 4.74 Å². The highest BCUT2D eigenvalue weighted by Gasteiger charge is 2.17. The van der Waals surface area contributed by atoms with Gasteiger partial charge in [0.1, 0.15) is 0 Å². The van der Waals surface area contributed by atoms with Gasteiger partial charge in [0.25, 0.3) is 5.56 Å². The molecule has 1 aromatic heterocycles. The lowest BCUT2D eigenvalue weighted by Gasteiger charge is -2.22. The second-order valence-corrected chi connectivity index (χ2v) is 8.16. The molecule has 1 atom stereocenters. The molecule has 4 nitrogen and oxygen atoms in total. The lowest BCUT2D eigenvalue weighted by Crippen LogP contribution is -2.26. The number of halogens is 1. The molecule has 0 saturated carbocycles. The fraction of sp³-hybridized carbons (Fsp3) is 0.333. The zero-order chi connectivity index (χ0) is 18.6. The van der Waals surface area contributed by atoms with Crippen LogP contribution in [0.15, 0.2) is 58.5 Å². The van der Waals surface area contributed by atoms with Crippen molar-refractivity contribution < 1.29 is 4.74 Å². The van der Waals surface area contributed by atoms with E-state index < -0.39 is 0 Å². The van der Waals surface area contributed by atoms with Crippen molar-refractivity contribution in [2.75, 3.05) is 12.4 Å². The minimum absolute atomic E-state index is 0.0346. The Hall–Kier alpha value is -1.82. The third-order valence-electron chi connectivity index (χ3n) is 4.74. The summed E-state index contributed by atoms with van der Waals surface area (Å²) >= 11 is 7.71. The standard InChI is InChI=1S/C21H21ClN2O2S/c22-16-9-10-18-19(12-16)23-21(27-14-17-8-4-5-11-26-17)24(20(18)25)13-15-6-2-1-3-7-15/h1-3,6-7,9-10,12,17H,4-5,8,11,13-14H2/t17-/m0/s1. The van der Waals surface area contributed by atoms with E-state index in [4.69, 9.17) is 21.3 Å². The second kappa shape index (κ2) is 8.46. The number of ether oxygens (including phenoxy) is 1. The molecule has 2 heterocycles. The van der Waals surface area contributed by atoms with Gasteiger partial charge in [0.15, 0.2) is 5.16 Å². The molecule has 4 rings (SSSR count). The molecule has 0 N–H and O–H groups in total. The van der Waals surface area contributed by atoms with Gasteiger partial charge >= 0.3 is 0 Å². The van der Waals surface area contributed by atoms with Gasteiger partial charge in [0.2, 0.25) is 0 Å². The Morgan fingerprint density at radius 3 is 2.81 bits per heavy atom. The van der Waals surface area contributed by atoms with Crippen molar-refractivity contribution in [3.63, 3.8) is 0 Å². The second-order valence-electron chi connectivity index (χ2n) is 6.73. The molecule has 1 saturated heterocycles. The van der Waals surface area contributed by atoms with E-state index in [1.165, 1.54) is 6.42 Å². The van der Waals surface area contributed by atoms with Crippen LogP contribution in [0.4, 0.5) is 0 Å². The fourth-order valence-electron chi connectivity index (χ4n) is 3.30. The van der Waals surface area contributed by atoms with Gasteiger partial charge in [0, 0.05) is 17.4 Å². The highest BCUT2D eigenvalue weighted by atomic mass is 35.5. The van der Waals surface area contributed by atoms with Crippen LogP contribution in [-0.4, -0.2) is 28.0 Å². The van der Waals surface area contributed by atoms with E-state index in [9.17, 15) is 4.79 Å². The molecule has 6 heteroatoms. The SMILES string of the molecule is O=c1c2ccc(Cl)cc2nc(SC[C@@H]2CCCCO2)n1Cc1ccccc1. The predicted molar refractivity (Wildman–Crippen MR) is 111 cm³/mol. The van der Waals surface area contributed by atoms with Crippen molar-refractivity contribution in [1.82, 2.24) is 9.55 Å². The van der Waals surface area contributed by atoms with E-state index in [1.54, 1.807) is 34.5 Å². The predicted octanol–water partition coefficient (Wildman–Crippen LogP) is 4.76. The minimum Gasteiger partial charge on any atom is -0.377 e. The maximum absolute atomic E-state index is 13.2.